The van der Waals surface area contributed by atoms with Crippen LogP contribution in [0.1, 0.15) is 11.1 Å². The summed E-state index contributed by atoms with van der Waals surface area (Å²) in [5.41, 5.74) is 0.990. The van der Waals surface area contributed by atoms with Crippen molar-refractivity contribution in [1.82, 2.24) is 10.3 Å². The number of hydrogen-bond acceptors (Lipinski definition) is 4. The van der Waals surface area contributed by atoms with Crippen LogP contribution < -0.4 is 5.32 Å². The molecule has 0 radical (unpaired) electrons. The highest BCUT2D eigenvalue weighted by molar-refractivity contribution is 7.15. The van der Waals surface area contributed by atoms with Gasteiger partial charge in [-0.3, -0.25) is 0 Å². The first-order chi connectivity index (χ1) is 8.83. The Bertz CT molecular complexity index is 520. The standard InChI is InChI=1S/C13H13FN2OS/c14-10-3-1-9(2-4-10)12-8-16-13(18-12)11-7-15-5-6-17-11/h1-4,8,11,15H,5-7H2. The van der Waals surface area contributed by atoms with E-state index in [9.17, 15) is 4.39 Å². The fourth-order valence-corrected chi connectivity index (χ4v) is 2.88. The molecule has 1 unspecified atom stereocenters. The summed E-state index contributed by atoms with van der Waals surface area (Å²) >= 11 is 1.60. The minimum Gasteiger partial charge on any atom is -0.368 e. The van der Waals surface area contributed by atoms with E-state index in [0.29, 0.717) is 0 Å². The van der Waals surface area contributed by atoms with Crippen molar-refractivity contribution in [2.24, 2.45) is 0 Å². The second kappa shape index (κ2) is 5.14. The average molecular weight is 264 g/mol. The third-order valence-electron chi connectivity index (χ3n) is 2.86. The number of ether oxygens (including phenoxy) is 1. The summed E-state index contributed by atoms with van der Waals surface area (Å²) in [4.78, 5) is 5.44. The zero-order chi connectivity index (χ0) is 12.4. The van der Waals surface area contributed by atoms with E-state index < -0.39 is 0 Å². The summed E-state index contributed by atoms with van der Waals surface area (Å²) in [5.74, 6) is -0.219. The van der Waals surface area contributed by atoms with Crippen LogP contribution in [-0.2, 0) is 4.74 Å². The molecule has 0 saturated carbocycles. The van der Waals surface area contributed by atoms with Crippen molar-refractivity contribution in [1.29, 1.82) is 0 Å². The summed E-state index contributed by atoms with van der Waals surface area (Å²) in [6, 6.07) is 6.47. The van der Waals surface area contributed by atoms with E-state index in [0.717, 1.165) is 35.1 Å². The fraction of sp³-hybridized carbons (Fsp3) is 0.308. The van der Waals surface area contributed by atoms with E-state index in [1.807, 2.05) is 6.20 Å². The normalized spacial score (nSPS) is 19.9. The largest absolute Gasteiger partial charge is 0.368 e. The molecule has 1 aliphatic rings. The van der Waals surface area contributed by atoms with Crippen molar-refractivity contribution in [3.63, 3.8) is 0 Å². The maximum atomic E-state index is 12.9. The molecule has 2 aromatic rings. The van der Waals surface area contributed by atoms with Crippen molar-refractivity contribution < 1.29 is 9.13 Å². The van der Waals surface area contributed by atoms with Gasteiger partial charge in [-0.25, -0.2) is 9.37 Å². The van der Waals surface area contributed by atoms with Gasteiger partial charge in [0.15, 0.2) is 0 Å². The Morgan fingerprint density at radius 1 is 1.33 bits per heavy atom. The molecule has 2 heterocycles. The number of rotatable bonds is 2. The van der Waals surface area contributed by atoms with Gasteiger partial charge in [-0.1, -0.05) is 12.1 Å². The molecule has 1 aromatic carbocycles. The van der Waals surface area contributed by atoms with E-state index in [4.69, 9.17) is 4.74 Å². The summed E-state index contributed by atoms with van der Waals surface area (Å²) in [7, 11) is 0. The average Bonchev–Trinajstić information content (AvgIpc) is 2.90. The predicted molar refractivity (Wildman–Crippen MR) is 69.1 cm³/mol. The molecule has 5 heteroatoms. The first-order valence-electron chi connectivity index (χ1n) is 5.87. The molecule has 0 amide bonds. The van der Waals surface area contributed by atoms with Crippen LogP contribution in [0.3, 0.4) is 0 Å². The van der Waals surface area contributed by atoms with E-state index in [1.54, 1.807) is 23.5 Å². The van der Waals surface area contributed by atoms with Crippen LogP contribution in [0.4, 0.5) is 4.39 Å². The van der Waals surface area contributed by atoms with Gasteiger partial charge in [0.25, 0.3) is 0 Å². The summed E-state index contributed by atoms with van der Waals surface area (Å²) < 4.78 is 18.5. The van der Waals surface area contributed by atoms with Crippen molar-refractivity contribution in [3.05, 3.63) is 41.3 Å². The van der Waals surface area contributed by atoms with Gasteiger partial charge >= 0.3 is 0 Å². The van der Waals surface area contributed by atoms with Gasteiger partial charge in [-0.15, -0.1) is 11.3 Å². The minimum absolute atomic E-state index is 0.0398. The van der Waals surface area contributed by atoms with Gasteiger partial charge in [-0.05, 0) is 17.7 Å². The number of nitrogens with zero attached hydrogens (tertiary/aromatic N) is 1. The molecule has 1 atom stereocenters. The quantitative estimate of drug-likeness (QED) is 0.905. The zero-order valence-electron chi connectivity index (χ0n) is 9.73. The van der Waals surface area contributed by atoms with Crippen molar-refractivity contribution in [3.8, 4) is 10.4 Å². The van der Waals surface area contributed by atoms with E-state index in [-0.39, 0.29) is 11.9 Å². The molecule has 18 heavy (non-hydrogen) atoms. The molecule has 1 N–H and O–H groups in total. The van der Waals surface area contributed by atoms with Gasteiger partial charge in [0.2, 0.25) is 0 Å². The Morgan fingerprint density at radius 3 is 2.89 bits per heavy atom. The Kier molecular flexibility index (Phi) is 3.36. The van der Waals surface area contributed by atoms with Gasteiger partial charge < -0.3 is 10.1 Å². The maximum absolute atomic E-state index is 12.9. The van der Waals surface area contributed by atoms with E-state index >= 15 is 0 Å². The lowest BCUT2D eigenvalue weighted by Crippen LogP contribution is -2.33. The van der Waals surface area contributed by atoms with Crippen LogP contribution in [-0.4, -0.2) is 24.7 Å². The second-order valence-corrected chi connectivity index (χ2v) is 5.20. The molecule has 1 aromatic heterocycles. The maximum Gasteiger partial charge on any atom is 0.123 e. The highest BCUT2D eigenvalue weighted by atomic mass is 32.1. The Balaban J connectivity index is 1.82. The van der Waals surface area contributed by atoms with E-state index in [1.165, 1.54) is 12.1 Å². The highest BCUT2D eigenvalue weighted by Crippen LogP contribution is 2.30. The van der Waals surface area contributed by atoms with Gasteiger partial charge in [0.1, 0.15) is 16.9 Å². The first-order valence-corrected chi connectivity index (χ1v) is 6.68. The molecule has 1 aliphatic heterocycles. The molecule has 1 saturated heterocycles. The zero-order valence-corrected chi connectivity index (χ0v) is 10.5. The first kappa shape index (κ1) is 11.8. The van der Waals surface area contributed by atoms with Crippen LogP contribution in [0.2, 0.25) is 0 Å². The molecule has 0 bridgehead atoms. The number of thiazole rings is 1. The van der Waals surface area contributed by atoms with Crippen molar-refractivity contribution >= 4 is 11.3 Å². The molecule has 0 aliphatic carbocycles. The molecule has 94 valence electrons. The second-order valence-electron chi connectivity index (χ2n) is 4.13. The predicted octanol–water partition coefficient (Wildman–Crippen LogP) is 2.61. The topological polar surface area (TPSA) is 34.2 Å². The van der Waals surface area contributed by atoms with Crippen LogP contribution in [0.25, 0.3) is 10.4 Å². The summed E-state index contributed by atoms with van der Waals surface area (Å²) in [6.07, 6.45) is 1.86. The summed E-state index contributed by atoms with van der Waals surface area (Å²) in [6.45, 7) is 2.42. The summed E-state index contributed by atoms with van der Waals surface area (Å²) in [5, 5.41) is 4.26. The number of hydrogen-bond donors (Lipinski definition) is 1. The SMILES string of the molecule is Fc1ccc(-c2cnc(C3CNCCO3)s2)cc1. The number of morpholine rings is 1. The van der Waals surface area contributed by atoms with Crippen molar-refractivity contribution in [2.75, 3.05) is 19.7 Å². The van der Waals surface area contributed by atoms with Gasteiger partial charge in [0, 0.05) is 19.3 Å². The smallest absolute Gasteiger partial charge is 0.123 e. The number of nitrogens with one attached hydrogen (secondary N) is 1. The monoisotopic (exact) mass is 264 g/mol. The van der Waals surface area contributed by atoms with Gasteiger partial charge in [-0.2, -0.15) is 0 Å². The lowest BCUT2D eigenvalue weighted by molar-refractivity contribution is 0.0275. The fourth-order valence-electron chi connectivity index (χ4n) is 1.91. The Hall–Kier alpha value is -1.30. The Morgan fingerprint density at radius 2 is 2.17 bits per heavy atom. The van der Waals surface area contributed by atoms with Crippen molar-refractivity contribution in [2.45, 2.75) is 6.10 Å². The minimum atomic E-state index is -0.219. The molecule has 1 fully saturated rings. The van der Waals surface area contributed by atoms with Crippen LogP contribution in [0.15, 0.2) is 30.5 Å². The van der Waals surface area contributed by atoms with E-state index in [2.05, 4.69) is 10.3 Å². The molecule has 3 rings (SSSR count). The third kappa shape index (κ3) is 2.43. The number of aromatic nitrogens is 1. The lowest BCUT2D eigenvalue weighted by Gasteiger charge is -2.21. The van der Waals surface area contributed by atoms with Crippen LogP contribution in [0.5, 0.6) is 0 Å². The number of benzene rings is 1. The third-order valence-corrected chi connectivity index (χ3v) is 3.99. The highest BCUT2D eigenvalue weighted by Gasteiger charge is 2.19. The number of halogens is 1. The molecule has 3 nitrogen and oxygen atoms in total. The Labute approximate surface area is 109 Å². The molecular weight excluding hydrogens is 251 g/mol. The molecular formula is C13H13FN2OS. The molecule has 0 spiro atoms. The van der Waals surface area contributed by atoms with Gasteiger partial charge in [0.05, 0.1) is 11.5 Å². The van der Waals surface area contributed by atoms with Crippen LogP contribution >= 0.6 is 11.3 Å². The lowest BCUT2D eigenvalue weighted by atomic mass is 10.2. The van der Waals surface area contributed by atoms with Crippen LogP contribution in [0, 0.1) is 5.82 Å².